The smallest absolute Gasteiger partial charge is 0.232 e. The van der Waals surface area contributed by atoms with Gasteiger partial charge < -0.3 is 0 Å². The molecule has 2 aromatic heterocycles. The number of aromatic nitrogens is 2. The van der Waals surface area contributed by atoms with Crippen molar-refractivity contribution in [1.82, 2.24) is 0 Å². The zero-order chi connectivity index (χ0) is 19.9. The van der Waals surface area contributed by atoms with Crippen molar-refractivity contribution in [2.45, 2.75) is 20.8 Å². The van der Waals surface area contributed by atoms with Gasteiger partial charge in [-0.3, -0.25) is 0 Å². The van der Waals surface area contributed by atoms with Gasteiger partial charge in [-0.15, -0.1) is 0 Å². The van der Waals surface area contributed by atoms with Gasteiger partial charge in [-0.05, 0) is 38.5 Å². The van der Waals surface area contributed by atoms with Crippen molar-refractivity contribution >= 4 is 5.69 Å². The van der Waals surface area contributed by atoms with Gasteiger partial charge in [-0.1, -0.05) is 0 Å². The highest BCUT2D eigenvalue weighted by molar-refractivity contribution is 5.82. The molecule has 0 amide bonds. The molecule has 0 spiro atoms. The largest absolute Gasteiger partial charge is 0.258 e. The molecule has 0 radical (unpaired) electrons. The lowest BCUT2D eigenvalue weighted by Crippen LogP contribution is -2.33. The van der Waals surface area contributed by atoms with Crippen LogP contribution in [0.3, 0.4) is 0 Å². The maximum absolute atomic E-state index is 15.3. The molecule has 0 aliphatic heterocycles. The van der Waals surface area contributed by atoms with E-state index in [1.165, 1.54) is 0 Å². The van der Waals surface area contributed by atoms with E-state index in [4.69, 9.17) is 6.57 Å². The van der Waals surface area contributed by atoms with E-state index < -0.39 is 17.3 Å². The highest BCUT2D eigenvalue weighted by Crippen LogP contribution is 2.41. The molecule has 0 bridgehead atoms. The van der Waals surface area contributed by atoms with E-state index in [9.17, 15) is 0 Å². The zero-order valence-corrected chi connectivity index (χ0v) is 16.1. The van der Waals surface area contributed by atoms with E-state index in [1.807, 2.05) is 64.6 Å². The molecule has 0 saturated heterocycles. The topological polar surface area (TPSA) is 12.1 Å². The molecule has 136 valence electrons. The molecule has 1 aromatic carbocycles. The SMILES string of the molecule is [C-]#[N+]c1c(F)c(-c2c(C)ccc[n+]2C)c(C)c(-c2c(C)ccc[n+]2C)c1F. The van der Waals surface area contributed by atoms with Crippen molar-refractivity contribution in [3.05, 3.63) is 76.4 Å². The second kappa shape index (κ2) is 6.88. The molecule has 0 unspecified atom stereocenters. The van der Waals surface area contributed by atoms with Crippen LogP contribution < -0.4 is 9.13 Å². The predicted octanol–water partition coefficient (Wildman–Crippen LogP) is 4.42. The summed E-state index contributed by atoms with van der Waals surface area (Å²) in [7, 11) is 3.63. The Balaban J connectivity index is 2.54. The van der Waals surface area contributed by atoms with Crippen molar-refractivity contribution in [2.75, 3.05) is 0 Å². The first-order valence-corrected chi connectivity index (χ1v) is 8.59. The Morgan fingerprint density at radius 3 is 1.56 bits per heavy atom. The molecule has 0 aliphatic carbocycles. The molecular formula is C22H21F2N3+2. The van der Waals surface area contributed by atoms with Gasteiger partial charge in [0.2, 0.25) is 11.4 Å². The number of aryl methyl sites for hydroxylation is 4. The fourth-order valence-corrected chi connectivity index (χ4v) is 3.69. The standard InChI is InChI=1S/C22H21F2N3/c1-13-9-7-11-26(5)21(13)16-15(3)17(19(24)20(25-4)18(16)23)22-14(2)10-8-12-27(22)6/h7-12H,1-3,5-6H3/q+2. The van der Waals surface area contributed by atoms with Crippen LogP contribution in [0.15, 0.2) is 36.7 Å². The van der Waals surface area contributed by atoms with E-state index >= 15 is 8.78 Å². The molecule has 0 atom stereocenters. The van der Waals surface area contributed by atoms with Gasteiger partial charge in [0.1, 0.15) is 25.7 Å². The van der Waals surface area contributed by atoms with Gasteiger partial charge in [0, 0.05) is 23.3 Å². The van der Waals surface area contributed by atoms with Crippen LogP contribution in [0.5, 0.6) is 0 Å². The second-order valence-electron chi connectivity index (χ2n) is 6.76. The van der Waals surface area contributed by atoms with Gasteiger partial charge >= 0.3 is 0 Å². The summed E-state index contributed by atoms with van der Waals surface area (Å²) in [5, 5.41) is 0. The van der Waals surface area contributed by atoms with Crippen LogP contribution in [0.2, 0.25) is 0 Å². The summed E-state index contributed by atoms with van der Waals surface area (Å²) < 4.78 is 34.1. The molecule has 0 fully saturated rings. The fourth-order valence-electron chi connectivity index (χ4n) is 3.69. The molecule has 3 nitrogen and oxygen atoms in total. The lowest BCUT2D eigenvalue weighted by atomic mass is 9.91. The number of hydrogen-bond donors (Lipinski definition) is 0. The van der Waals surface area contributed by atoms with Crippen molar-refractivity contribution in [3.8, 4) is 22.5 Å². The second-order valence-corrected chi connectivity index (χ2v) is 6.76. The van der Waals surface area contributed by atoms with Crippen LogP contribution in [-0.2, 0) is 14.1 Å². The van der Waals surface area contributed by atoms with Gasteiger partial charge in [-0.2, -0.15) is 0 Å². The predicted molar refractivity (Wildman–Crippen MR) is 100 cm³/mol. The van der Waals surface area contributed by atoms with Crippen molar-refractivity contribution in [3.63, 3.8) is 0 Å². The van der Waals surface area contributed by atoms with Gasteiger partial charge in [0.05, 0.1) is 17.7 Å². The quantitative estimate of drug-likeness (QED) is 0.471. The average molecular weight is 365 g/mol. The molecule has 27 heavy (non-hydrogen) atoms. The Labute approximate surface area is 158 Å². The number of rotatable bonds is 2. The minimum atomic E-state index is -0.815. The molecule has 0 N–H and O–H groups in total. The number of pyridine rings is 2. The summed E-state index contributed by atoms with van der Waals surface area (Å²) in [6.45, 7) is 12.8. The van der Waals surface area contributed by atoms with Crippen molar-refractivity contribution in [1.29, 1.82) is 0 Å². The minimum Gasteiger partial charge on any atom is -0.232 e. The van der Waals surface area contributed by atoms with E-state index in [0.29, 0.717) is 17.0 Å². The van der Waals surface area contributed by atoms with Gasteiger partial charge in [-0.25, -0.2) is 22.8 Å². The maximum Gasteiger partial charge on any atom is 0.258 e. The Morgan fingerprint density at radius 1 is 0.815 bits per heavy atom. The molecule has 2 heterocycles. The van der Waals surface area contributed by atoms with E-state index in [-0.39, 0.29) is 11.1 Å². The van der Waals surface area contributed by atoms with Crippen LogP contribution in [0.4, 0.5) is 14.5 Å². The van der Waals surface area contributed by atoms with Crippen LogP contribution in [0, 0.1) is 39.0 Å². The monoisotopic (exact) mass is 365 g/mol. The molecule has 3 rings (SSSR count). The first kappa shape index (κ1) is 18.7. The fraction of sp³-hybridized carbons (Fsp3) is 0.227. The molecule has 5 heteroatoms. The lowest BCUT2D eigenvalue weighted by Gasteiger charge is -2.15. The Hall–Kier alpha value is -3.13. The number of nitrogens with zero attached hydrogens (tertiary/aromatic N) is 3. The normalized spacial score (nSPS) is 10.7. The van der Waals surface area contributed by atoms with Gasteiger partial charge in [0.15, 0.2) is 12.4 Å². The first-order chi connectivity index (χ1) is 12.8. The molecule has 0 saturated carbocycles. The summed E-state index contributed by atoms with van der Waals surface area (Å²) in [4.78, 5) is 3.18. The van der Waals surface area contributed by atoms with E-state index in [0.717, 1.165) is 11.1 Å². The number of halogens is 2. The third-order valence-corrected chi connectivity index (χ3v) is 4.95. The first-order valence-electron chi connectivity index (χ1n) is 8.59. The lowest BCUT2D eigenvalue weighted by molar-refractivity contribution is -0.661. The summed E-state index contributed by atoms with van der Waals surface area (Å²) in [5.41, 5.74) is 3.41. The van der Waals surface area contributed by atoms with Crippen LogP contribution in [0.25, 0.3) is 27.4 Å². The number of hydrogen-bond acceptors (Lipinski definition) is 0. The summed E-state index contributed by atoms with van der Waals surface area (Å²) in [6.07, 6.45) is 3.63. The van der Waals surface area contributed by atoms with Crippen molar-refractivity contribution in [2.24, 2.45) is 14.1 Å². The molecule has 3 aromatic rings. The zero-order valence-electron chi connectivity index (χ0n) is 16.1. The highest BCUT2D eigenvalue weighted by atomic mass is 19.1. The van der Waals surface area contributed by atoms with Crippen molar-refractivity contribution < 1.29 is 17.9 Å². The van der Waals surface area contributed by atoms with Crippen LogP contribution in [-0.4, -0.2) is 0 Å². The van der Waals surface area contributed by atoms with E-state index in [1.54, 1.807) is 16.1 Å². The molecular weight excluding hydrogens is 344 g/mol. The Bertz CT molecular complexity index is 993. The third-order valence-electron chi connectivity index (χ3n) is 4.95. The van der Waals surface area contributed by atoms with Gasteiger partial charge in [0.25, 0.3) is 5.69 Å². The molecule has 0 aliphatic rings. The maximum atomic E-state index is 15.3. The van der Waals surface area contributed by atoms with E-state index in [2.05, 4.69) is 4.85 Å². The summed E-state index contributed by atoms with van der Waals surface area (Å²) in [5.74, 6) is -1.63. The van der Waals surface area contributed by atoms with Crippen LogP contribution >= 0.6 is 0 Å². The summed E-state index contributed by atoms with van der Waals surface area (Å²) in [6, 6.07) is 7.49. The highest BCUT2D eigenvalue weighted by Gasteiger charge is 2.32. The third kappa shape index (κ3) is 2.87. The Morgan fingerprint density at radius 2 is 1.22 bits per heavy atom. The number of benzene rings is 1. The summed E-state index contributed by atoms with van der Waals surface area (Å²) >= 11 is 0. The average Bonchev–Trinajstić information content (AvgIpc) is 2.60. The Kier molecular flexibility index (Phi) is 4.75. The van der Waals surface area contributed by atoms with Crippen LogP contribution in [0.1, 0.15) is 16.7 Å². The minimum absolute atomic E-state index is 0.265.